The topological polar surface area (TPSA) is 116 Å². The highest BCUT2D eigenvalue weighted by atomic mass is 32.2. The van der Waals surface area contributed by atoms with Gasteiger partial charge in [-0.2, -0.15) is 19.3 Å². The smallest absolute Gasteiger partial charge is 0.264 e. The number of ketones is 1. The fourth-order valence-corrected chi connectivity index (χ4v) is 7.15. The van der Waals surface area contributed by atoms with Crippen molar-refractivity contribution in [3.05, 3.63) is 88.9 Å². The number of carbonyl (C=O) groups excluding carboxylic acids is 1. The molecule has 0 unspecified atom stereocenters. The van der Waals surface area contributed by atoms with Crippen molar-refractivity contribution in [2.24, 2.45) is 12.5 Å². The van der Waals surface area contributed by atoms with Crippen LogP contribution >= 0.6 is 0 Å². The van der Waals surface area contributed by atoms with Gasteiger partial charge in [-0.3, -0.25) is 9.78 Å². The molecule has 6 rings (SSSR count). The molecular weight excluding hydrogens is 533 g/mol. The van der Waals surface area contributed by atoms with Crippen LogP contribution in [0, 0.1) is 18.2 Å². The number of pyridine rings is 1. The Kier molecular flexibility index (Phi) is 6.26. The highest BCUT2D eigenvalue weighted by molar-refractivity contribution is 7.89. The number of aryl methyl sites for hydroxylation is 2. The van der Waals surface area contributed by atoms with Gasteiger partial charge in [0, 0.05) is 26.3 Å². The molecule has 2 atom stereocenters. The summed E-state index contributed by atoms with van der Waals surface area (Å²) in [5.74, 6) is -0.477. The number of fused-ring (bicyclic) bond motifs is 2. The van der Waals surface area contributed by atoms with Crippen molar-refractivity contribution in [1.82, 2.24) is 34.1 Å². The van der Waals surface area contributed by atoms with Gasteiger partial charge in [0.05, 0.1) is 29.2 Å². The maximum absolute atomic E-state index is 14.4. The Morgan fingerprint density at radius 2 is 1.93 bits per heavy atom. The predicted molar refractivity (Wildman–Crippen MR) is 145 cm³/mol. The Morgan fingerprint density at radius 1 is 1.15 bits per heavy atom. The fraction of sp³-hybridized carbons (Fsp3) is 0.321. The van der Waals surface area contributed by atoms with Crippen molar-refractivity contribution in [3.63, 3.8) is 0 Å². The van der Waals surface area contributed by atoms with Crippen LogP contribution in [0.5, 0.6) is 0 Å². The molecule has 1 aromatic carbocycles. The molecule has 0 saturated heterocycles. The van der Waals surface area contributed by atoms with E-state index < -0.39 is 21.5 Å². The summed E-state index contributed by atoms with van der Waals surface area (Å²) in [6.07, 6.45) is 8.24. The summed E-state index contributed by atoms with van der Waals surface area (Å²) in [5, 5.41) is 12.4. The van der Waals surface area contributed by atoms with E-state index in [1.165, 1.54) is 34.5 Å². The molecule has 206 valence electrons. The lowest BCUT2D eigenvalue weighted by molar-refractivity contribution is 0.0747. The van der Waals surface area contributed by atoms with Gasteiger partial charge in [0.1, 0.15) is 11.5 Å². The van der Waals surface area contributed by atoms with Crippen LogP contribution in [0.4, 0.5) is 4.39 Å². The quantitative estimate of drug-likeness (QED) is 0.331. The number of nitrogens with zero attached hydrogens (tertiary/aromatic N) is 7. The van der Waals surface area contributed by atoms with Crippen molar-refractivity contribution in [1.29, 1.82) is 0 Å². The van der Waals surface area contributed by atoms with Gasteiger partial charge in [0.15, 0.2) is 5.78 Å². The van der Waals surface area contributed by atoms with Gasteiger partial charge < -0.3 is 0 Å². The number of benzene rings is 1. The van der Waals surface area contributed by atoms with Crippen LogP contribution < -0.4 is 0 Å². The highest BCUT2D eigenvalue weighted by Gasteiger charge is 2.51. The van der Waals surface area contributed by atoms with E-state index in [2.05, 4.69) is 20.3 Å². The van der Waals surface area contributed by atoms with E-state index in [1.807, 2.05) is 19.1 Å². The van der Waals surface area contributed by atoms with Crippen molar-refractivity contribution < 1.29 is 17.6 Å². The molecule has 0 bridgehead atoms. The number of allylic oxidation sites excluding steroid dienone is 1. The van der Waals surface area contributed by atoms with Crippen LogP contribution in [-0.2, 0) is 23.5 Å². The second kappa shape index (κ2) is 9.56. The van der Waals surface area contributed by atoms with Crippen LogP contribution in [0.15, 0.2) is 65.6 Å². The van der Waals surface area contributed by atoms with E-state index in [9.17, 15) is 17.6 Å². The van der Waals surface area contributed by atoms with Crippen LogP contribution in [0.25, 0.3) is 11.8 Å². The minimum absolute atomic E-state index is 0.133. The zero-order valence-corrected chi connectivity index (χ0v) is 23.1. The first kappa shape index (κ1) is 26.2. The molecule has 0 radical (unpaired) electrons. The Hall–Kier alpha value is -4.03. The van der Waals surface area contributed by atoms with Crippen LogP contribution in [0.2, 0.25) is 0 Å². The minimum atomic E-state index is -3.93. The van der Waals surface area contributed by atoms with Gasteiger partial charge in [0.25, 0.3) is 10.0 Å². The zero-order chi connectivity index (χ0) is 28.2. The molecular formula is C28H28FN7O3S. The normalized spacial score (nSPS) is 20.6. The number of carbonyl (C=O) groups is 1. The van der Waals surface area contributed by atoms with E-state index >= 15 is 0 Å². The molecule has 10 nitrogen and oxygen atoms in total. The van der Waals surface area contributed by atoms with E-state index in [1.54, 1.807) is 42.3 Å². The first-order valence-electron chi connectivity index (χ1n) is 12.9. The van der Waals surface area contributed by atoms with Gasteiger partial charge in [-0.05, 0) is 86.2 Å². The summed E-state index contributed by atoms with van der Waals surface area (Å²) in [6.45, 7) is 1.91. The monoisotopic (exact) mass is 561 g/mol. The molecule has 3 heterocycles. The number of hydrogen-bond acceptors (Lipinski definition) is 7. The zero-order valence-electron chi connectivity index (χ0n) is 22.3. The average molecular weight is 562 g/mol. The molecule has 12 heteroatoms. The number of aromatic nitrogens is 6. The standard InChI is InChI=1S/C28H28FN7O3S/c1-18-10-11-30-24(12-18)27(37)28-14-19-16-32-36(22-8-5-21(29)6-9-22)25(19)13-20(28)4-7-23(15-28)34(2)40(38,39)26-17-31-35(3)33-26/h5-6,8-13,16-17,23H,4,7,14-15H2,1-3H3/t23-,28-/m0/s1. The van der Waals surface area contributed by atoms with Gasteiger partial charge >= 0.3 is 0 Å². The molecule has 0 spiro atoms. The van der Waals surface area contributed by atoms with Crippen molar-refractivity contribution in [2.75, 3.05) is 7.05 Å². The largest absolute Gasteiger partial charge is 0.291 e. The van der Waals surface area contributed by atoms with Crippen LogP contribution in [0.3, 0.4) is 0 Å². The molecule has 4 aromatic rings. The SMILES string of the molecule is Cc1ccnc(C(=O)[C@]23Cc4cnn(-c5ccc(F)cc5)c4C=C2CC[C@H](N(C)S(=O)(=O)c2cnn(C)n2)C3)c1. The number of sulfonamides is 1. The minimum Gasteiger partial charge on any atom is -0.291 e. The third kappa shape index (κ3) is 4.27. The van der Waals surface area contributed by atoms with Gasteiger partial charge in [-0.1, -0.05) is 5.57 Å². The Morgan fingerprint density at radius 3 is 2.62 bits per heavy atom. The average Bonchev–Trinajstić information content (AvgIpc) is 3.57. The fourth-order valence-electron chi connectivity index (χ4n) is 5.88. The van der Waals surface area contributed by atoms with E-state index in [0.29, 0.717) is 30.6 Å². The molecule has 0 amide bonds. The van der Waals surface area contributed by atoms with E-state index in [4.69, 9.17) is 0 Å². The summed E-state index contributed by atoms with van der Waals surface area (Å²) < 4.78 is 43.5. The molecule has 1 fully saturated rings. The van der Waals surface area contributed by atoms with Gasteiger partial charge in [-0.25, -0.2) is 17.5 Å². The molecule has 0 N–H and O–H groups in total. The number of rotatable bonds is 6. The Balaban J connectivity index is 1.43. The lowest BCUT2D eigenvalue weighted by Gasteiger charge is -2.45. The van der Waals surface area contributed by atoms with Gasteiger partial charge in [-0.15, -0.1) is 5.10 Å². The summed E-state index contributed by atoms with van der Waals surface area (Å²) in [7, 11) is -0.835. The third-order valence-corrected chi connectivity index (χ3v) is 9.80. The molecule has 2 aliphatic rings. The van der Waals surface area contributed by atoms with E-state index in [-0.39, 0.29) is 23.0 Å². The summed E-state index contributed by atoms with van der Waals surface area (Å²) in [6, 6.07) is 9.25. The second-order valence-corrected chi connectivity index (χ2v) is 12.5. The maximum Gasteiger partial charge on any atom is 0.264 e. The Labute approximate surface area is 231 Å². The number of hydrogen-bond donors (Lipinski definition) is 0. The van der Waals surface area contributed by atoms with Crippen LogP contribution in [-0.4, -0.2) is 61.4 Å². The number of Topliss-reactive ketones (excluding diaryl/α,β-unsaturated/α-hetero) is 1. The van der Waals surface area contributed by atoms with Crippen molar-refractivity contribution in [2.45, 2.75) is 43.7 Å². The van der Waals surface area contributed by atoms with Crippen molar-refractivity contribution in [3.8, 4) is 5.69 Å². The molecule has 3 aromatic heterocycles. The molecule has 40 heavy (non-hydrogen) atoms. The third-order valence-electron chi connectivity index (χ3n) is 8.03. The summed E-state index contributed by atoms with van der Waals surface area (Å²) in [5.41, 5.74) is 3.58. The van der Waals surface area contributed by atoms with E-state index in [0.717, 1.165) is 22.4 Å². The summed E-state index contributed by atoms with van der Waals surface area (Å²) in [4.78, 5) is 20.0. The maximum atomic E-state index is 14.4. The Bertz CT molecular complexity index is 1760. The van der Waals surface area contributed by atoms with Crippen LogP contribution in [0.1, 0.15) is 46.6 Å². The highest BCUT2D eigenvalue weighted by Crippen LogP contribution is 2.51. The lowest BCUT2D eigenvalue weighted by Crippen LogP contribution is -2.49. The first-order chi connectivity index (χ1) is 19.1. The lowest BCUT2D eigenvalue weighted by atomic mass is 9.60. The van der Waals surface area contributed by atoms with Gasteiger partial charge in [0.2, 0.25) is 5.03 Å². The summed E-state index contributed by atoms with van der Waals surface area (Å²) >= 11 is 0. The molecule has 2 aliphatic carbocycles. The second-order valence-electron chi connectivity index (χ2n) is 10.5. The molecule has 0 aliphatic heterocycles. The molecule has 1 saturated carbocycles. The first-order valence-corrected chi connectivity index (χ1v) is 14.4. The predicted octanol–water partition coefficient (Wildman–Crippen LogP) is 3.53. The van der Waals surface area contributed by atoms with Crippen molar-refractivity contribution >= 4 is 21.9 Å². The number of halogens is 1.